The highest BCUT2D eigenvalue weighted by atomic mass is 35.5. The van der Waals surface area contributed by atoms with E-state index in [1.807, 2.05) is 42.5 Å². The van der Waals surface area contributed by atoms with E-state index in [2.05, 4.69) is 20.4 Å². The molecule has 0 unspecified atom stereocenters. The molecule has 4 aromatic rings. The molecule has 0 saturated heterocycles. The molecule has 152 valence electrons. The van der Waals surface area contributed by atoms with Crippen molar-refractivity contribution in [1.82, 2.24) is 15.1 Å². The number of benzene rings is 2. The van der Waals surface area contributed by atoms with Crippen molar-refractivity contribution in [1.29, 1.82) is 0 Å². The van der Waals surface area contributed by atoms with Crippen molar-refractivity contribution in [2.24, 2.45) is 0 Å². The van der Waals surface area contributed by atoms with Crippen molar-refractivity contribution >= 4 is 45.6 Å². The summed E-state index contributed by atoms with van der Waals surface area (Å²) >= 11 is 14.2. The zero-order valence-corrected chi connectivity index (χ0v) is 18.2. The van der Waals surface area contributed by atoms with Crippen molar-refractivity contribution in [3.05, 3.63) is 70.3 Å². The van der Waals surface area contributed by atoms with Crippen LogP contribution in [0.15, 0.2) is 53.1 Å². The third kappa shape index (κ3) is 4.53. The predicted molar refractivity (Wildman–Crippen MR) is 119 cm³/mol. The van der Waals surface area contributed by atoms with E-state index in [9.17, 15) is 4.79 Å². The average Bonchev–Trinajstić information content (AvgIpc) is 3.33. The molecular formula is C21H16Cl2N4O2S. The van der Waals surface area contributed by atoms with Gasteiger partial charge in [-0.1, -0.05) is 76.1 Å². The number of aromatic nitrogens is 3. The van der Waals surface area contributed by atoms with Crippen molar-refractivity contribution in [2.45, 2.75) is 19.8 Å². The Labute approximate surface area is 186 Å². The third-order valence-corrected chi connectivity index (χ3v) is 5.92. The third-order valence-electron chi connectivity index (χ3n) is 4.26. The van der Waals surface area contributed by atoms with Gasteiger partial charge in [-0.15, -0.1) is 0 Å². The number of nitrogens with zero attached hydrogens (tertiary/aromatic N) is 3. The fraction of sp³-hybridized carbons (Fsp3) is 0.143. The van der Waals surface area contributed by atoms with Gasteiger partial charge in [0.15, 0.2) is 11.0 Å². The molecule has 1 N–H and O–H groups in total. The lowest BCUT2D eigenvalue weighted by atomic mass is 10.1. The van der Waals surface area contributed by atoms with Crippen LogP contribution in [0, 0.1) is 6.92 Å². The molecule has 0 aliphatic rings. The summed E-state index contributed by atoms with van der Waals surface area (Å²) in [5.74, 6) is 0.769. The quantitative estimate of drug-likeness (QED) is 0.380. The van der Waals surface area contributed by atoms with Gasteiger partial charge in [0.25, 0.3) is 0 Å². The van der Waals surface area contributed by atoms with Crippen LogP contribution in [-0.4, -0.2) is 21.0 Å². The molecule has 0 aliphatic heterocycles. The number of hydrogen-bond acceptors (Lipinski definition) is 6. The number of rotatable bonds is 6. The van der Waals surface area contributed by atoms with E-state index in [4.69, 9.17) is 27.7 Å². The van der Waals surface area contributed by atoms with Crippen LogP contribution in [0.4, 0.5) is 5.13 Å². The Morgan fingerprint density at radius 2 is 1.70 bits per heavy atom. The Kier molecular flexibility index (Phi) is 6.13. The lowest BCUT2D eigenvalue weighted by Gasteiger charge is -2.06. The Hall–Kier alpha value is -2.74. The maximum atomic E-state index is 12.4. The first-order valence-corrected chi connectivity index (χ1v) is 10.7. The standard InChI is InChI=1S/C21H16Cl2N4O2S/c1-12-24-18(29-27-12)11-10-17(28)25-21-26-19(13-6-2-4-8-15(13)22)20(30-21)14-7-3-5-9-16(14)23/h2-9H,10-11H2,1H3,(H,25,26,28). The maximum Gasteiger partial charge on any atom is 0.227 e. The zero-order valence-electron chi connectivity index (χ0n) is 15.9. The summed E-state index contributed by atoms with van der Waals surface area (Å²) in [5, 5.41) is 8.21. The summed E-state index contributed by atoms with van der Waals surface area (Å²) in [6, 6.07) is 14.9. The lowest BCUT2D eigenvalue weighted by Crippen LogP contribution is -2.12. The minimum absolute atomic E-state index is 0.198. The number of hydrogen-bond donors (Lipinski definition) is 1. The summed E-state index contributed by atoms with van der Waals surface area (Å²) in [7, 11) is 0. The Morgan fingerprint density at radius 3 is 2.33 bits per heavy atom. The first-order valence-electron chi connectivity index (χ1n) is 9.11. The summed E-state index contributed by atoms with van der Waals surface area (Å²) in [6.45, 7) is 1.73. The normalized spacial score (nSPS) is 10.9. The van der Waals surface area contributed by atoms with Crippen molar-refractivity contribution in [3.63, 3.8) is 0 Å². The van der Waals surface area contributed by atoms with Gasteiger partial charge in [-0.3, -0.25) is 4.79 Å². The van der Waals surface area contributed by atoms with Gasteiger partial charge < -0.3 is 9.84 Å². The number of nitrogens with one attached hydrogen (secondary N) is 1. The van der Waals surface area contributed by atoms with Gasteiger partial charge in [-0.25, -0.2) is 4.98 Å². The summed E-state index contributed by atoms with van der Waals surface area (Å²) in [6.07, 6.45) is 0.552. The Morgan fingerprint density at radius 1 is 1.03 bits per heavy atom. The van der Waals surface area contributed by atoms with Crippen molar-refractivity contribution < 1.29 is 9.32 Å². The molecule has 0 spiro atoms. The van der Waals surface area contributed by atoms with E-state index in [1.54, 1.807) is 13.0 Å². The minimum atomic E-state index is -0.198. The van der Waals surface area contributed by atoms with Crippen LogP contribution in [0.1, 0.15) is 18.1 Å². The highest BCUT2D eigenvalue weighted by Crippen LogP contribution is 2.43. The first kappa shape index (κ1) is 20.5. The van der Waals surface area contributed by atoms with E-state index in [-0.39, 0.29) is 12.3 Å². The van der Waals surface area contributed by atoms with Gasteiger partial charge in [0.1, 0.15) is 0 Å². The highest BCUT2D eigenvalue weighted by Gasteiger charge is 2.20. The second kappa shape index (κ2) is 8.95. The van der Waals surface area contributed by atoms with E-state index in [1.165, 1.54) is 11.3 Å². The van der Waals surface area contributed by atoms with Gasteiger partial charge in [-0.2, -0.15) is 4.98 Å². The number of anilines is 1. The number of halogens is 2. The van der Waals surface area contributed by atoms with Crippen LogP contribution in [0.5, 0.6) is 0 Å². The monoisotopic (exact) mass is 458 g/mol. The van der Waals surface area contributed by atoms with Gasteiger partial charge >= 0.3 is 0 Å². The second-order valence-electron chi connectivity index (χ2n) is 6.44. The molecule has 1 amide bonds. The molecule has 0 saturated carbocycles. The largest absolute Gasteiger partial charge is 0.339 e. The van der Waals surface area contributed by atoms with Crippen LogP contribution in [0.25, 0.3) is 21.7 Å². The molecule has 6 nitrogen and oxygen atoms in total. The number of carbonyl (C=O) groups is 1. The number of carbonyl (C=O) groups excluding carboxylic acids is 1. The molecule has 2 aromatic carbocycles. The molecule has 4 rings (SSSR count). The topological polar surface area (TPSA) is 80.9 Å². The van der Waals surface area contributed by atoms with Crippen molar-refractivity contribution in [3.8, 4) is 21.7 Å². The molecule has 2 heterocycles. The van der Waals surface area contributed by atoms with Crippen LogP contribution >= 0.6 is 34.5 Å². The number of aryl methyl sites for hydroxylation is 2. The summed E-state index contributed by atoms with van der Waals surface area (Å²) < 4.78 is 5.05. The van der Waals surface area contributed by atoms with Gasteiger partial charge in [0, 0.05) is 29.0 Å². The van der Waals surface area contributed by atoms with Crippen molar-refractivity contribution in [2.75, 3.05) is 5.32 Å². The Balaban J connectivity index is 1.63. The van der Waals surface area contributed by atoms with E-state index >= 15 is 0 Å². The molecule has 2 aromatic heterocycles. The van der Waals surface area contributed by atoms with Crippen LogP contribution in [0.2, 0.25) is 10.0 Å². The summed E-state index contributed by atoms with van der Waals surface area (Å²) in [4.78, 5) is 22.0. The lowest BCUT2D eigenvalue weighted by molar-refractivity contribution is -0.116. The molecule has 0 bridgehead atoms. The van der Waals surface area contributed by atoms with Gasteiger partial charge in [0.05, 0.1) is 15.6 Å². The molecule has 9 heteroatoms. The van der Waals surface area contributed by atoms with Gasteiger partial charge in [0.2, 0.25) is 11.8 Å². The average molecular weight is 459 g/mol. The fourth-order valence-corrected chi connectivity index (χ4v) is 4.43. The van der Waals surface area contributed by atoms with Gasteiger partial charge in [-0.05, 0) is 19.1 Å². The maximum absolute atomic E-state index is 12.4. The number of amides is 1. The predicted octanol–water partition coefficient (Wildman–Crippen LogP) is 6.05. The van der Waals surface area contributed by atoms with E-state index < -0.39 is 0 Å². The van der Waals surface area contributed by atoms with Crippen LogP contribution in [-0.2, 0) is 11.2 Å². The van der Waals surface area contributed by atoms with E-state index in [0.717, 1.165) is 16.0 Å². The molecule has 30 heavy (non-hydrogen) atoms. The smallest absolute Gasteiger partial charge is 0.227 e. The van der Waals surface area contributed by atoms with E-state index in [0.29, 0.717) is 39.0 Å². The first-order chi connectivity index (χ1) is 14.5. The molecule has 0 fully saturated rings. The molecular weight excluding hydrogens is 443 g/mol. The fourth-order valence-electron chi connectivity index (χ4n) is 2.88. The number of thiazole rings is 1. The Bertz CT molecular complexity index is 1140. The summed E-state index contributed by atoms with van der Waals surface area (Å²) in [5.41, 5.74) is 2.27. The SMILES string of the molecule is Cc1noc(CCC(=O)Nc2nc(-c3ccccc3Cl)c(-c3ccccc3Cl)s2)n1. The van der Waals surface area contributed by atoms with Crippen LogP contribution in [0.3, 0.4) is 0 Å². The molecule has 0 radical (unpaired) electrons. The minimum Gasteiger partial charge on any atom is -0.339 e. The second-order valence-corrected chi connectivity index (χ2v) is 8.25. The zero-order chi connectivity index (χ0) is 21.1. The molecule has 0 aliphatic carbocycles. The van der Waals surface area contributed by atoms with Crippen LogP contribution < -0.4 is 5.32 Å². The highest BCUT2D eigenvalue weighted by molar-refractivity contribution is 7.19. The molecule has 0 atom stereocenters.